The molecule has 0 bridgehead atoms. The number of carbonyl (C=O) groups excluding carboxylic acids is 1. The van der Waals surface area contributed by atoms with Gasteiger partial charge in [0.15, 0.2) is 0 Å². The highest BCUT2D eigenvalue weighted by Gasteiger charge is 2.29. The van der Waals surface area contributed by atoms with Crippen molar-refractivity contribution in [2.24, 2.45) is 7.05 Å². The predicted molar refractivity (Wildman–Crippen MR) is 70.6 cm³/mol. The summed E-state index contributed by atoms with van der Waals surface area (Å²) in [4.78, 5) is 11.8. The number of nitrogens with one attached hydrogen (secondary N) is 1. The van der Waals surface area contributed by atoms with E-state index < -0.39 is 11.7 Å². The summed E-state index contributed by atoms with van der Waals surface area (Å²) in [5.41, 5.74) is 0.999. The second-order valence-electron chi connectivity index (χ2n) is 4.67. The summed E-state index contributed by atoms with van der Waals surface area (Å²) in [6.45, 7) is 1.96. The number of nitrogens with zero attached hydrogens (tertiary/aromatic N) is 2. The molecule has 1 aromatic carbocycles. The first-order chi connectivity index (χ1) is 9.77. The van der Waals surface area contributed by atoms with Crippen molar-refractivity contribution in [2.45, 2.75) is 19.6 Å². The Labute approximate surface area is 119 Å². The second-order valence-corrected chi connectivity index (χ2v) is 4.67. The topological polar surface area (TPSA) is 46.9 Å². The van der Waals surface area contributed by atoms with Crippen LogP contribution in [-0.2, 0) is 19.8 Å². The average molecular weight is 297 g/mol. The number of carbonyl (C=O) groups is 1. The maximum absolute atomic E-state index is 12.4. The van der Waals surface area contributed by atoms with Gasteiger partial charge in [-0.15, -0.1) is 0 Å². The third-order valence-electron chi connectivity index (χ3n) is 3.08. The van der Waals surface area contributed by atoms with E-state index >= 15 is 0 Å². The monoisotopic (exact) mass is 297 g/mol. The number of hydrogen-bond donors (Lipinski definition) is 1. The lowest BCUT2D eigenvalue weighted by atomic mass is 10.1. The Morgan fingerprint density at radius 2 is 1.90 bits per heavy atom. The zero-order chi connectivity index (χ0) is 15.6. The first-order valence-corrected chi connectivity index (χ1v) is 6.22. The molecular formula is C14H14F3N3O. The smallest absolute Gasteiger partial charge is 0.347 e. The molecule has 0 unspecified atom stereocenters. The molecule has 0 aliphatic rings. The highest BCUT2D eigenvalue weighted by Crippen LogP contribution is 2.29. The number of rotatable bonds is 3. The summed E-state index contributed by atoms with van der Waals surface area (Å²) >= 11 is 0. The lowest BCUT2D eigenvalue weighted by molar-refractivity contribution is -0.137. The molecule has 0 atom stereocenters. The molecule has 1 heterocycles. The molecule has 0 aliphatic heterocycles. The second kappa shape index (κ2) is 5.59. The van der Waals surface area contributed by atoms with Gasteiger partial charge in [0, 0.05) is 19.3 Å². The molecule has 1 aromatic heterocycles. The zero-order valence-electron chi connectivity index (χ0n) is 11.5. The van der Waals surface area contributed by atoms with Crippen molar-refractivity contribution in [3.8, 4) is 0 Å². The maximum Gasteiger partial charge on any atom is 0.416 e. The highest BCUT2D eigenvalue weighted by atomic mass is 19.4. The Balaban J connectivity index is 1.98. The van der Waals surface area contributed by atoms with Crippen molar-refractivity contribution in [3.05, 3.63) is 52.8 Å². The zero-order valence-corrected chi connectivity index (χ0v) is 11.5. The van der Waals surface area contributed by atoms with E-state index in [1.807, 2.05) is 6.92 Å². The molecule has 1 N–H and O–H groups in total. The largest absolute Gasteiger partial charge is 0.416 e. The molecular weight excluding hydrogens is 283 g/mol. The summed E-state index contributed by atoms with van der Waals surface area (Å²) in [5.74, 6) is -0.362. The van der Waals surface area contributed by atoms with E-state index in [9.17, 15) is 18.0 Å². The Bertz CT molecular complexity index is 625. The van der Waals surface area contributed by atoms with Gasteiger partial charge >= 0.3 is 6.18 Å². The van der Waals surface area contributed by atoms with Crippen LogP contribution in [0.15, 0.2) is 30.3 Å². The number of aryl methyl sites for hydroxylation is 2. The number of benzene rings is 1. The van der Waals surface area contributed by atoms with Crippen LogP contribution in [-0.4, -0.2) is 15.7 Å². The summed E-state index contributed by atoms with van der Waals surface area (Å²) in [6.07, 6.45) is -4.35. The van der Waals surface area contributed by atoms with Crippen LogP contribution in [0, 0.1) is 6.92 Å². The molecule has 0 fully saturated rings. The molecule has 0 aliphatic carbocycles. The van der Waals surface area contributed by atoms with Crippen molar-refractivity contribution in [3.63, 3.8) is 0 Å². The van der Waals surface area contributed by atoms with Gasteiger partial charge in [-0.2, -0.15) is 18.3 Å². The minimum Gasteiger partial charge on any atom is -0.347 e. The van der Waals surface area contributed by atoms with Crippen LogP contribution in [0.5, 0.6) is 0 Å². The van der Waals surface area contributed by atoms with E-state index in [4.69, 9.17) is 0 Å². The van der Waals surface area contributed by atoms with Gasteiger partial charge in [-0.25, -0.2) is 0 Å². The van der Waals surface area contributed by atoms with Gasteiger partial charge in [0.2, 0.25) is 0 Å². The van der Waals surface area contributed by atoms with E-state index in [2.05, 4.69) is 10.4 Å². The number of aromatic nitrogens is 2. The standard InChI is InChI=1S/C14H14F3N3O/c1-9-7-12(19-20(9)2)13(21)18-8-10-3-5-11(6-4-10)14(15,16)17/h3-7H,8H2,1-2H3,(H,18,21). The minimum absolute atomic E-state index is 0.145. The van der Waals surface area contributed by atoms with Gasteiger partial charge in [0.1, 0.15) is 5.69 Å². The Hall–Kier alpha value is -2.31. The van der Waals surface area contributed by atoms with Gasteiger partial charge in [0.05, 0.1) is 5.56 Å². The average Bonchev–Trinajstić information content (AvgIpc) is 2.75. The van der Waals surface area contributed by atoms with Crippen molar-refractivity contribution in [1.29, 1.82) is 0 Å². The van der Waals surface area contributed by atoms with E-state index in [1.54, 1.807) is 17.8 Å². The molecule has 0 spiro atoms. The fourth-order valence-corrected chi connectivity index (χ4v) is 1.76. The van der Waals surface area contributed by atoms with Gasteiger partial charge in [-0.05, 0) is 30.7 Å². The van der Waals surface area contributed by atoms with E-state index in [-0.39, 0.29) is 18.1 Å². The Morgan fingerprint density at radius 3 is 2.38 bits per heavy atom. The van der Waals surface area contributed by atoms with Crippen LogP contribution in [0.4, 0.5) is 13.2 Å². The van der Waals surface area contributed by atoms with Crippen molar-refractivity contribution in [2.75, 3.05) is 0 Å². The van der Waals surface area contributed by atoms with Gasteiger partial charge < -0.3 is 5.32 Å². The fraction of sp³-hybridized carbons (Fsp3) is 0.286. The molecule has 7 heteroatoms. The minimum atomic E-state index is -4.35. The first-order valence-electron chi connectivity index (χ1n) is 6.22. The van der Waals surface area contributed by atoms with E-state index in [0.29, 0.717) is 5.56 Å². The first kappa shape index (κ1) is 15.1. The Kier molecular flexibility index (Phi) is 4.02. The molecule has 112 valence electrons. The van der Waals surface area contributed by atoms with Crippen LogP contribution in [0.25, 0.3) is 0 Å². The molecule has 2 rings (SSSR count). The van der Waals surface area contributed by atoms with Crippen LogP contribution < -0.4 is 5.32 Å². The predicted octanol–water partition coefficient (Wildman–Crippen LogP) is 2.68. The Morgan fingerprint density at radius 1 is 1.29 bits per heavy atom. The third-order valence-corrected chi connectivity index (χ3v) is 3.08. The number of hydrogen-bond acceptors (Lipinski definition) is 2. The van der Waals surface area contributed by atoms with Crippen LogP contribution >= 0.6 is 0 Å². The van der Waals surface area contributed by atoms with Crippen LogP contribution in [0.3, 0.4) is 0 Å². The van der Waals surface area contributed by atoms with Crippen LogP contribution in [0.1, 0.15) is 27.3 Å². The normalized spacial score (nSPS) is 11.5. The SMILES string of the molecule is Cc1cc(C(=O)NCc2ccc(C(F)(F)F)cc2)nn1C. The summed E-state index contributed by atoms with van der Waals surface area (Å²) in [6, 6.07) is 6.31. The highest BCUT2D eigenvalue weighted by molar-refractivity contribution is 5.92. The lowest BCUT2D eigenvalue weighted by Crippen LogP contribution is -2.23. The van der Waals surface area contributed by atoms with Crippen molar-refractivity contribution in [1.82, 2.24) is 15.1 Å². The molecule has 21 heavy (non-hydrogen) atoms. The molecule has 4 nitrogen and oxygen atoms in total. The summed E-state index contributed by atoms with van der Waals surface area (Å²) in [7, 11) is 1.72. The fourth-order valence-electron chi connectivity index (χ4n) is 1.76. The molecule has 0 saturated heterocycles. The van der Waals surface area contributed by atoms with Crippen molar-refractivity contribution < 1.29 is 18.0 Å². The summed E-state index contributed by atoms with van der Waals surface area (Å²) < 4.78 is 38.8. The van der Waals surface area contributed by atoms with E-state index in [0.717, 1.165) is 17.8 Å². The number of amides is 1. The summed E-state index contributed by atoms with van der Waals surface area (Å²) in [5, 5.41) is 6.64. The third kappa shape index (κ3) is 3.62. The van der Waals surface area contributed by atoms with E-state index in [1.165, 1.54) is 12.1 Å². The quantitative estimate of drug-likeness (QED) is 0.947. The molecule has 0 radical (unpaired) electrons. The van der Waals surface area contributed by atoms with Gasteiger partial charge in [0.25, 0.3) is 5.91 Å². The molecule has 1 amide bonds. The lowest BCUT2D eigenvalue weighted by Gasteiger charge is -2.08. The van der Waals surface area contributed by atoms with Gasteiger partial charge in [-0.1, -0.05) is 12.1 Å². The number of alkyl halides is 3. The van der Waals surface area contributed by atoms with Crippen molar-refractivity contribution >= 4 is 5.91 Å². The maximum atomic E-state index is 12.4. The molecule has 0 saturated carbocycles. The number of halogens is 3. The van der Waals surface area contributed by atoms with Crippen LogP contribution in [0.2, 0.25) is 0 Å². The molecule has 2 aromatic rings. The van der Waals surface area contributed by atoms with Gasteiger partial charge in [-0.3, -0.25) is 9.48 Å².